The number of hydrogen-bond donors (Lipinski definition) is 1. The van der Waals surface area contributed by atoms with Crippen LogP contribution in [0.25, 0.3) is 0 Å². The summed E-state index contributed by atoms with van der Waals surface area (Å²) < 4.78 is 5.02. The largest absolute Gasteiger partial charge is 0.507 e. The van der Waals surface area contributed by atoms with Gasteiger partial charge < -0.3 is 9.84 Å². The molecule has 0 radical (unpaired) electrons. The van der Waals surface area contributed by atoms with Crippen LogP contribution in [0, 0.1) is 6.92 Å². The van der Waals surface area contributed by atoms with Crippen molar-refractivity contribution < 1.29 is 9.84 Å². The lowest BCUT2D eigenvalue weighted by Gasteiger charge is -2.02. The van der Waals surface area contributed by atoms with Crippen molar-refractivity contribution in [2.24, 2.45) is 4.99 Å². The zero-order chi connectivity index (χ0) is 13.0. The molecule has 3 heteroatoms. The van der Waals surface area contributed by atoms with Crippen LogP contribution in [-0.4, -0.2) is 18.4 Å². The standard InChI is InChI=1S/C15H15NO2/c1-11-3-6-13(7-4-11)16-10-12-5-8-14(18-2)9-15(12)17/h3-10,17H,1-2H3. The first-order chi connectivity index (χ1) is 8.69. The molecule has 0 amide bonds. The molecule has 92 valence electrons. The van der Waals surface area contributed by atoms with Gasteiger partial charge in [-0.2, -0.15) is 0 Å². The molecule has 0 aromatic heterocycles. The highest BCUT2D eigenvalue weighted by atomic mass is 16.5. The minimum absolute atomic E-state index is 0.158. The van der Waals surface area contributed by atoms with Gasteiger partial charge >= 0.3 is 0 Å². The second kappa shape index (κ2) is 5.36. The summed E-state index contributed by atoms with van der Waals surface area (Å²) >= 11 is 0. The van der Waals surface area contributed by atoms with E-state index in [4.69, 9.17) is 4.74 Å². The molecule has 3 nitrogen and oxygen atoms in total. The molecule has 18 heavy (non-hydrogen) atoms. The Balaban J connectivity index is 2.20. The maximum Gasteiger partial charge on any atom is 0.128 e. The van der Waals surface area contributed by atoms with Crippen molar-refractivity contribution >= 4 is 11.9 Å². The molecule has 0 bridgehead atoms. The van der Waals surface area contributed by atoms with Gasteiger partial charge in [0.25, 0.3) is 0 Å². The number of rotatable bonds is 3. The van der Waals surface area contributed by atoms with Crippen LogP contribution >= 0.6 is 0 Å². The van der Waals surface area contributed by atoms with Gasteiger partial charge in [0.15, 0.2) is 0 Å². The van der Waals surface area contributed by atoms with Gasteiger partial charge in [-0.1, -0.05) is 17.7 Å². The van der Waals surface area contributed by atoms with Crippen molar-refractivity contribution in [2.75, 3.05) is 7.11 Å². The van der Waals surface area contributed by atoms with Gasteiger partial charge in [-0.25, -0.2) is 0 Å². The molecule has 1 N–H and O–H groups in total. The Morgan fingerprint density at radius 1 is 1.11 bits per heavy atom. The Bertz CT molecular complexity index is 559. The highest BCUT2D eigenvalue weighted by Gasteiger charge is 2.00. The van der Waals surface area contributed by atoms with Crippen molar-refractivity contribution in [3.05, 3.63) is 53.6 Å². The summed E-state index contributed by atoms with van der Waals surface area (Å²) in [6.45, 7) is 2.03. The van der Waals surface area contributed by atoms with E-state index < -0.39 is 0 Å². The molecule has 0 spiro atoms. The predicted molar refractivity (Wildman–Crippen MR) is 73.1 cm³/mol. The molecule has 0 aliphatic rings. The van der Waals surface area contributed by atoms with Crippen LogP contribution in [0.15, 0.2) is 47.5 Å². The molecule has 0 unspecified atom stereocenters. The smallest absolute Gasteiger partial charge is 0.128 e. The van der Waals surface area contributed by atoms with Gasteiger partial charge in [0, 0.05) is 17.8 Å². The number of phenolic OH excluding ortho intramolecular Hbond substituents is 1. The first kappa shape index (κ1) is 12.2. The van der Waals surface area contributed by atoms with Crippen molar-refractivity contribution in [3.8, 4) is 11.5 Å². The lowest BCUT2D eigenvalue weighted by molar-refractivity contribution is 0.407. The Morgan fingerprint density at radius 3 is 2.44 bits per heavy atom. The Hall–Kier alpha value is -2.29. The number of aliphatic imine (C=N–C) groups is 1. The second-order valence-electron chi connectivity index (χ2n) is 4.02. The second-order valence-corrected chi connectivity index (χ2v) is 4.02. The van der Waals surface area contributed by atoms with Gasteiger partial charge in [0.05, 0.1) is 12.8 Å². The van der Waals surface area contributed by atoms with E-state index in [1.54, 1.807) is 31.5 Å². The quantitative estimate of drug-likeness (QED) is 0.836. The third-order valence-electron chi connectivity index (χ3n) is 2.62. The topological polar surface area (TPSA) is 41.8 Å². The normalized spacial score (nSPS) is 10.8. The fourth-order valence-corrected chi connectivity index (χ4v) is 1.53. The number of nitrogens with zero attached hydrogens (tertiary/aromatic N) is 1. The van der Waals surface area contributed by atoms with Gasteiger partial charge in [-0.15, -0.1) is 0 Å². The third kappa shape index (κ3) is 2.88. The molecular formula is C15H15NO2. The molecule has 0 aliphatic heterocycles. The van der Waals surface area contributed by atoms with E-state index in [0.717, 1.165) is 5.69 Å². The van der Waals surface area contributed by atoms with E-state index >= 15 is 0 Å². The molecule has 2 aromatic carbocycles. The lowest BCUT2D eigenvalue weighted by atomic mass is 10.2. The summed E-state index contributed by atoms with van der Waals surface area (Å²) in [4.78, 5) is 4.31. The lowest BCUT2D eigenvalue weighted by Crippen LogP contribution is -1.86. The van der Waals surface area contributed by atoms with Crippen LogP contribution in [0.1, 0.15) is 11.1 Å². The molecule has 2 aromatic rings. The highest BCUT2D eigenvalue weighted by Crippen LogP contribution is 2.22. The van der Waals surface area contributed by atoms with Crippen molar-refractivity contribution in [3.63, 3.8) is 0 Å². The van der Waals surface area contributed by atoms with E-state index in [-0.39, 0.29) is 5.75 Å². The van der Waals surface area contributed by atoms with E-state index in [0.29, 0.717) is 11.3 Å². The van der Waals surface area contributed by atoms with Crippen LogP contribution in [-0.2, 0) is 0 Å². The molecule has 0 heterocycles. The maximum absolute atomic E-state index is 9.77. The number of ether oxygens (including phenoxy) is 1. The van der Waals surface area contributed by atoms with Crippen LogP contribution in [0.5, 0.6) is 11.5 Å². The monoisotopic (exact) mass is 241 g/mol. The van der Waals surface area contributed by atoms with Crippen LogP contribution in [0.3, 0.4) is 0 Å². The van der Waals surface area contributed by atoms with Crippen LogP contribution in [0.2, 0.25) is 0 Å². The molecule has 0 atom stereocenters. The van der Waals surface area contributed by atoms with Crippen molar-refractivity contribution in [1.29, 1.82) is 0 Å². The van der Waals surface area contributed by atoms with E-state index in [1.165, 1.54) is 5.56 Å². The molecule has 0 aliphatic carbocycles. The summed E-state index contributed by atoms with van der Waals surface area (Å²) in [5.41, 5.74) is 2.72. The molecular weight excluding hydrogens is 226 g/mol. The number of methoxy groups -OCH3 is 1. The van der Waals surface area contributed by atoms with Crippen molar-refractivity contribution in [1.82, 2.24) is 0 Å². The zero-order valence-electron chi connectivity index (χ0n) is 10.4. The summed E-state index contributed by atoms with van der Waals surface area (Å²) in [6.07, 6.45) is 1.64. The SMILES string of the molecule is COc1ccc(C=Nc2ccc(C)cc2)c(O)c1. The van der Waals surface area contributed by atoms with E-state index in [9.17, 15) is 5.11 Å². The maximum atomic E-state index is 9.77. The van der Waals surface area contributed by atoms with Gasteiger partial charge in [0.1, 0.15) is 11.5 Å². The number of hydrogen-bond acceptors (Lipinski definition) is 3. The summed E-state index contributed by atoms with van der Waals surface area (Å²) in [7, 11) is 1.56. The fraction of sp³-hybridized carbons (Fsp3) is 0.133. The van der Waals surface area contributed by atoms with E-state index in [1.807, 2.05) is 31.2 Å². The Labute approximate surface area is 106 Å². The van der Waals surface area contributed by atoms with Crippen molar-refractivity contribution in [2.45, 2.75) is 6.92 Å². The summed E-state index contributed by atoms with van der Waals surface area (Å²) in [6, 6.07) is 13.0. The number of phenols is 1. The molecule has 0 fully saturated rings. The number of aryl methyl sites for hydroxylation is 1. The van der Waals surface area contributed by atoms with Crippen LogP contribution in [0.4, 0.5) is 5.69 Å². The zero-order valence-corrected chi connectivity index (χ0v) is 10.4. The Morgan fingerprint density at radius 2 is 1.83 bits per heavy atom. The third-order valence-corrected chi connectivity index (χ3v) is 2.62. The first-order valence-electron chi connectivity index (χ1n) is 5.67. The molecule has 2 rings (SSSR count). The number of benzene rings is 2. The highest BCUT2D eigenvalue weighted by molar-refractivity contribution is 5.85. The Kier molecular flexibility index (Phi) is 3.63. The van der Waals surface area contributed by atoms with Gasteiger partial charge in [0.2, 0.25) is 0 Å². The first-order valence-corrected chi connectivity index (χ1v) is 5.67. The minimum Gasteiger partial charge on any atom is -0.507 e. The van der Waals surface area contributed by atoms with Gasteiger partial charge in [-0.05, 0) is 31.2 Å². The summed E-state index contributed by atoms with van der Waals surface area (Å²) in [5, 5.41) is 9.77. The number of aromatic hydroxyl groups is 1. The minimum atomic E-state index is 0.158. The average molecular weight is 241 g/mol. The van der Waals surface area contributed by atoms with Gasteiger partial charge in [-0.3, -0.25) is 4.99 Å². The predicted octanol–water partition coefficient (Wildman–Crippen LogP) is 3.46. The summed E-state index contributed by atoms with van der Waals surface area (Å²) in [5.74, 6) is 0.783. The molecule has 0 saturated carbocycles. The average Bonchev–Trinajstić information content (AvgIpc) is 2.39. The molecule has 0 saturated heterocycles. The van der Waals surface area contributed by atoms with E-state index in [2.05, 4.69) is 4.99 Å². The van der Waals surface area contributed by atoms with Crippen LogP contribution < -0.4 is 4.74 Å². The fourth-order valence-electron chi connectivity index (χ4n) is 1.53.